The van der Waals surface area contributed by atoms with Crippen LogP contribution in [0, 0.1) is 5.92 Å². The number of alkyl halides is 1. The van der Waals surface area contributed by atoms with Crippen molar-refractivity contribution >= 4 is 33.4 Å². The number of methoxy groups -OCH3 is 1. The fourth-order valence-electron chi connectivity index (χ4n) is 1.27. The minimum atomic E-state index is -0.147. The van der Waals surface area contributed by atoms with E-state index in [2.05, 4.69) is 21.2 Å². The number of hydrogen-bond donors (Lipinski definition) is 1. The zero-order valence-corrected chi connectivity index (χ0v) is 12.1. The molecular weight excluding hydrogens is 305 g/mol. The molecule has 1 amide bonds. The number of carbonyl (C=O) groups excluding carboxylic acids is 1. The molecule has 1 aromatic rings. The average molecular weight is 321 g/mol. The average Bonchev–Trinajstić information content (AvgIpc) is 2.35. The summed E-state index contributed by atoms with van der Waals surface area (Å²) >= 11 is 9.20. The van der Waals surface area contributed by atoms with Gasteiger partial charge in [-0.1, -0.05) is 34.5 Å². The summed E-state index contributed by atoms with van der Waals surface area (Å²) in [5, 5.41) is 4.25. The lowest BCUT2D eigenvalue weighted by atomic mass is 10.1. The van der Waals surface area contributed by atoms with E-state index in [1.807, 2.05) is 6.92 Å². The molecule has 3 nitrogen and oxygen atoms in total. The van der Waals surface area contributed by atoms with E-state index in [1.54, 1.807) is 18.2 Å². The van der Waals surface area contributed by atoms with Crippen molar-refractivity contribution in [1.29, 1.82) is 0 Å². The molecule has 0 saturated heterocycles. The highest BCUT2D eigenvalue weighted by atomic mass is 79.9. The highest BCUT2D eigenvalue weighted by Crippen LogP contribution is 2.22. The summed E-state index contributed by atoms with van der Waals surface area (Å²) in [7, 11) is 1.52. The standard InChI is InChI=1S/C12H15BrClNO2/c1-8(6-13)7-15-12(16)10-4-3-9(14)5-11(10)17-2/h3-5,8H,6-7H2,1-2H3,(H,15,16). The molecule has 0 bridgehead atoms. The van der Waals surface area contributed by atoms with Crippen LogP contribution in [0.5, 0.6) is 5.75 Å². The van der Waals surface area contributed by atoms with Gasteiger partial charge in [-0.25, -0.2) is 0 Å². The van der Waals surface area contributed by atoms with E-state index >= 15 is 0 Å². The van der Waals surface area contributed by atoms with Crippen LogP contribution in [-0.4, -0.2) is 24.9 Å². The van der Waals surface area contributed by atoms with Gasteiger partial charge in [0.15, 0.2) is 0 Å². The number of amides is 1. The van der Waals surface area contributed by atoms with Gasteiger partial charge in [0.05, 0.1) is 12.7 Å². The quantitative estimate of drug-likeness (QED) is 0.847. The topological polar surface area (TPSA) is 38.3 Å². The Hall–Kier alpha value is -0.740. The van der Waals surface area contributed by atoms with Crippen LogP contribution in [-0.2, 0) is 0 Å². The first kappa shape index (κ1) is 14.3. The molecule has 0 heterocycles. The molecule has 94 valence electrons. The minimum absolute atomic E-state index is 0.147. The van der Waals surface area contributed by atoms with E-state index in [4.69, 9.17) is 16.3 Å². The maximum Gasteiger partial charge on any atom is 0.255 e. The third-order valence-electron chi connectivity index (χ3n) is 2.28. The van der Waals surface area contributed by atoms with Crippen LogP contribution in [0.15, 0.2) is 18.2 Å². The normalized spacial score (nSPS) is 12.0. The first-order valence-electron chi connectivity index (χ1n) is 5.26. The molecule has 0 aliphatic carbocycles. The van der Waals surface area contributed by atoms with E-state index in [1.165, 1.54) is 7.11 Å². The second-order valence-electron chi connectivity index (χ2n) is 3.81. The summed E-state index contributed by atoms with van der Waals surface area (Å²) in [5.74, 6) is 0.727. The predicted molar refractivity (Wildman–Crippen MR) is 73.3 cm³/mol. The maximum absolute atomic E-state index is 11.9. The molecule has 1 atom stereocenters. The summed E-state index contributed by atoms with van der Waals surface area (Å²) in [6.45, 7) is 2.67. The molecule has 1 unspecified atom stereocenters. The number of rotatable bonds is 5. The van der Waals surface area contributed by atoms with Crippen molar-refractivity contribution in [3.63, 3.8) is 0 Å². The molecule has 0 fully saturated rings. The Labute approximate surface area is 115 Å². The molecule has 17 heavy (non-hydrogen) atoms. The van der Waals surface area contributed by atoms with Crippen molar-refractivity contribution in [3.05, 3.63) is 28.8 Å². The van der Waals surface area contributed by atoms with Gasteiger partial charge in [0.25, 0.3) is 5.91 Å². The number of ether oxygens (including phenoxy) is 1. The molecular formula is C12H15BrClNO2. The predicted octanol–water partition coefficient (Wildman–Crippen LogP) is 3.11. The number of hydrogen-bond acceptors (Lipinski definition) is 2. The van der Waals surface area contributed by atoms with Gasteiger partial charge in [-0.05, 0) is 24.1 Å². The van der Waals surface area contributed by atoms with E-state index < -0.39 is 0 Å². The molecule has 0 aliphatic heterocycles. The Kier molecular flexibility index (Phi) is 5.78. The summed E-state index contributed by atoms with van der Waals surface area (Å²) in [6, 6.07) is 4.96. The van der Waals surface area contributed by atoms with E-state index in [-0.39, 0.29) is 5.91 Å². The van der Waals surface area contributed by atoms with Crippen molar-refractivity contribution in [3.8, 4) is 5.75 Å². The first-order valence-corrected chi connectivity index (χ1v) is 6.76. The zero-order valence-electron chi connectivity index (χ0n) is 9.80. The summed E-state index contributed by atoms with van der Waals surface area (Å²) in [4.78, 5) is 11.9. The highest BCUT2D eigenvalue weighted by Gasteiger charge is 2.13. The van der Waals surface area contributed by atoms with Gasteiger partial charge in [0.1, 0.15) is 5.75 Å². The molecule has 1 aromatic carbocycles. The largest absolute Gasteiger partial charge is 0.496 e. The fraction of sp³-hybridized carbons (Fsp3) is 0.417. The van der Waals surface area contributed by atoms with Gasteiger partial charge < -0.3 is 10.1 Å². The third-order valence-corrected chi connectivity index (χ3v) is 3.62. The lowest BCUT2D eigenvalue weighted by molar-refractivity contribution is 0.0946. The first-order chi connectivity index (χ1) is 8.08. The molecule has 0 aromatic heterocycles. The second kappa shape index (κ2) is 6.87. The zero-order chi connectivity index (χ0) is 12.8. The number of halogens is 2. The number of carbonyl (C=O) groups is 1. The van der Waals surface area contributed by atoms with Gasteiger partial charge in [0.2, 0.25) is 0 Å². The number of nitrogens with one attached hydrogen (secondary N) is 1. The van der Waals surface area contributed by atoms with Crippen molar-refractivity contribution in [1.82, 2.24) is 5.32 Å². The van der Waals surface area contributed by atoms with Crippen LogP contribution in [0.2, 0.25) is 5.02 Å². The molecule has 0 radical (unpaired) electrons. The van der Waals surface area contributed by atoms with Crippen molar-refractivity contribution in [2.75, 3.05) is 19.0 Å². The summed E-state index contributed by atoms with van der Waals surface area (Å²) in [5.41, 5.74) is 0.499. The highest BCUT2D eigenvalue weighted by molar-refractivity contribution is 9.09. The molecule has 1 N–H and O–H groups in total. The molecule has 0 spiro atoms. The van der Waals surface area contributed by atoms with Crippen LogP contribution in [0.1, 0.15) is 17.3 Å². The van der Waals surface area contributed by atoms with Gasteiger partial charge in [-0.2, -0.15) is 0 Å². The smallest absolute Gasteiger partial charge is 0.255 e. The van der Waals surface area contributed by atoms with Crippen molar-refractivity contribution in [2.45, 2.75) is 6.92 Å². The maximum atomic E-state index is 11.9. The second-order valence-corrected chi connectivity index (χ2v) is 4.90. The monoisotopic (exact) mass is 319 g/mol. The Bertz CT molecular complexity index is 398. The minimum Gasteiger partial charge on any atom is -0.496 e. The Balaban J connectivity index is 2.75. The van der Waals surface area contributed by atoms with Crippen LogP contribution >= 0.6 is 27.5 Å². The Morgan fingerprint density at radius 2 is 2.29 bits per heavy atom. The van der Waals surface area contributed by atoms with Crippen LogP contribution < -0.4 is 10.1 Å². The third kappa shape index (κ3) is 4.21. The van der Waals surface area contributed by atoms with Gasteiger partial charge in [-0.3, -0.25) is 4.79 Å². The lowest BCUT2D eigenvalue weighted by Gasteiger charge is -2.12. The van der Waals surface area contributed by atoms with Crippen molar-refractivity contribution < 1.29 is 9.53 Å². The fourth-order valence-corrected chi connectivity index (χ4v) is 1.66. The van der Waals surface area contributed by atoms with Crippen molar-refractivity contribution in [2.24, 2.45) is 5.92 Å². The Morgan fingerprint density at radius 1 is 1.59 bits per heavy atom. The van der Waals surface area contributed by atoms with E-state index in [0.29, 0.717) is 28.8 Å². The molecule has 0 aliphatic rings. The molecule has 5 heteroatoms. The summed E-state index contributed by atoms with van der Waals surface area (Å²) < 4.78 is 5.13. The van der Waals surface area contributed by atoms with Crippen LogP contribution in [0.4, 0.5) is 0 Å². The molecule has 0 saturated carbocycles. The van der Waals surface area contributed by atoms with Gasteiger partial charge in [-0.15, -0.1) is 0 Å². The van der Waals surface area contributed by atoms with Crippen LogP contribution in [0.25, 0.3) is 0 Å². The summed E-state index contributed by atoms with van der Waals surface area (Å²) in [6.07, 6.45) is 0. The Morgan fingerprint density at radius 3 is 2.88 bits per heavy atom. The van der Waals surface area contributed by atoms with Crippen LogP contribution in [0.3, 0.4) is 0 Å². The SMILES string of the molecule is COc1cc(Cl)ccc1C(=O)NCC(C)CBr. The number of benzene rings is 1. The molecule has 1 rings (SSSR count). The lowest BCUT2D eigenvalue weighted by Crippen LogP contribution is -2.29. The van der Waals surface area contributed by atoms with Gasteiger partial charge >= 0.3 is 0 Å². The van der Waals surface area contributed by atoms with E-state index in [0.717, 1.165) is 5.33 Å². The van der Waals surface area contributed by atoms with Gasteiger partial charge in [0, 0.05) is 16.9 Å². The van der Waals surface area contributed by atoms with E-state index in [9.17, 15) is 4.79 Å².